The van der Waals surface area contributed by atoms with Crippen molar-refractivity contribution in [2.24, 2.45) is 23.2 Å². The summed E-state index contributed by atoms with van der Waals surface area (Å²) in [6.07, 6.45) is 7.09. The Labute approximate surface area is 166 Å². The molecule has 4 bridgehead atoms. The third-order valence-electron chi connectivity index (χ3n) is 6.46. The first kappa shape index (κ1) is 17.6. The molecule has 0 spiro atoms. The normalized spacial score (nSPS) is 31.2. The molecule has 4 fully saturated rings. The average Bonchev–Trinajstić information content (AvgIpc) is 3.07. The molecule has 4 saturated carbocycles. The predicted molar refractivity (Wildman–Crippen MR) is 105 cm³/mol. The van der Waals surface area contributed by atoms with Crippen molar-refractivity contribution in [3.05, 3.63) is 35.6 Å². The number of amides is 1. The van der Waals surface area contributed by atoms with Crippen molar-refractivity contribution in [3.8, 4) is 0 Å². The van der Waals surface area contributed by atoms with Crippen molar-refractivity contribution < 1.29 is 9.18 Å². The monoisotopic (exact) mass is 403 g/mol. The number of benzene rings is 1. The first-order valence-corrected chi connectivity index (χ1v) is 11.4. The van der Waals surface area contributed by atoms with E-state index in [0.717, 1.165) is 41.4 Å². The number of aromatic nitrogens is 2. The minimum atomic E-state index is -0.204. The fourth-order valence-electron chi connectivity index (χ4n) is 5.69. The van der Waals surface area contributed by atoms with E-state index in [4.69, 9.17) is 0 Å². The minimum absolute atomic E-state index is 0.142. The van der Waals surface area contributed by atoms with Gasteiger partial charge < -0.3 is 5.32 Å². The molecule has 1 heterocycles. The van der Waals surface area contributed by atoms with Gasteiger partial charge in [0.25, 0.3) is 0 Å². The number of rotatable bonds is 5. The molecule has 0 saturated heterocycles. The molecule has 1 N–H and O–H groups in total. The summed E-state index contributed by atoms with van der Waals surface area (Å²) < 4.78 is 14.5. The van der Waals surface area contributed by atoms with Crippen LogP contribution in [0.5, 0.6) is 0 Å². The number of carbonyl (C=O) groups is 1. The van der Waals surface area contributed by atoms with E-state index in [-0.39, 0.29) is 17.1 Å². The van der Waals surface area contributed by atoms with Crippen molar-refractivity contribution in [3.63, 3.8) is 0 Å². The second-order valence-corrected chi connectivity index (χ2v) is 10.6. The van der Waals surface area contributed by atoms with Crippen LogP contribution < -0.4 is 5.32 Å². The average molecular weight is 404 g/mol. The highest BCUT2D eigenvalue weighted by Crippen LogP contribution is 2.60. The zero-order valence-electron chi connectivity index (χ0n) is 15.0. The molecule has 4 nitrogen and oxygen atoms in total. The quantitative estimate of drug-likeness (QED) is 0.556. The highest BCUT2D eigenvalue weighted by Gasteiger charge is 2.54. The summed E-state index contributed by atoms with van der Waals surface area (Å²) in [5, 5.41) is 11.9. The van der Waals surface area contributed by atoms with Gasteiger partial charge in [-0.2, -0.15) is 0 Å². The SMILES string of the molecule is O=C(Nc1nnc(SCc2ccccc2F)s1)C12CC3CC(CC(C3)C1)C2. The van der Waals surface area contributed by atoms with Gasteiger partial charge >= 0.3 is 0 Å². The summed E-state index contributed by atoms with van der Waals surface area (Å²) in [6.45, 7) is 0. The molecule has 1 aromatic carbocycles. The maximum atomic E-state index is 13.7. The molecule has 7 heteroatoms. The molecule has 6 rings (SSSR count). The second kappa shape index (κ2) is 6.85. The summed E-state index contributed by atoms with van der Waals surface area (Å²) in [4.78, 5) is 13.1. The second-order valence-electron chi connectivity index (χ2n) is 8.41. The lowest BCUT2D eigenvalue weighted by Crippen LogP contribution is -2.51. The molecular formula is C20H22FN3OS2. The van der Waals surface area contributed by atoms with Gasteiger partial charge in [0.15, 0.2) is 4.34 Å². The Morgan fingerprint density at radius 2 is 1.81 bits per heavy atom. The molecule has 1 amide bonds. The van der Waals surface area contributed by atoms with Gasteiger partial charge in [0.1, 0.15) is 5.82 Å². The van der Waals surface area contributed by atoms with Crippen LogP contribution in [0.1, 0.15) is 44.1 Å². The van der Waals surface area contributed by atoms with Gasteiger partial charge in [0.2, 0.25) is 11.0 Å². The lowest BCUT2D eigenvalue weighted by Gasteiger charge is -2.55. The third-order valence-corrected chi connectivity index (χ3v) is 8.48. The number of nitrogens with zero attached hydrogens (tertiary/aromatic N) is 2. The van der Waals surface area contributed by atoms with E-state index >= 15 is 0 Å². The molecule has 0 unspecified atom stereocenters. The Bertz CT molecular complexity index is 833. The van der Waals surface area contributed by atoms with Crippen LogP contribution in [0.2, 0.25) is 0 Å². The minimum Gasteiger partial charge on any atom is -0.300 e. The molecule has 1 aromatic heterocycles. The molecule has 0 aliphatic heterocycles. The lowest BCUT2D eigenvalue weighted by atomic mass is 9.49. The predicted octanol–water partition coefficient (Wildman–Crippen LogP) is 5.12. The van der Waals surface area contributed by atoms with Crippen LogP contribution in [-0.4, -0.2) is 16.1 Å². The number of hydrogen-bond acceptors (Lipinski definition) is 5. The van der Waals surface area contributed by atoms with Crippen molar-refractivity contribution >= 4 is 34.1 Å². The van der Waals surface area contributed by atoms with Crippen LogP contribution in [-0.2, 0) is 10.5 Å². The first-order valence-electron chi connectivity index (χ1n) is 9.61. The highest BCUT2D eigenvalue weighted by atomic mass is 32.2. The smallest absolute Gasteiger partial charge is 0.232 e. The molecule has 4 aliphatic carbocycles. The number of carbonyl (C=O) groups excluding carboxylic acids is 1. The number of nitrogens with one attached hydrogen (secondary N) is 1. The summed E-state index contributed by atoms with van der Waals surface area (Å²) in [5.74, 6) is 2.66. The molecule has 142 valence electrons. The van der Waals surface area contributed by atoms with Crippen molar-refractivity contribution in [2.45, 2.75) is 48.6 Å². The van der Waals surface area contributed by atoms with Crippen LogP contribution in [0.4, 0.5) is 9.52 Å². The standard InChI is InChI=1S/C20H22FN3OS2/c21-16-4-2-1-3-15(16)11-26-19-24-23-18(27-19)22-17(25)20-8-12-5-13(9-20)7-14(6-12)10-20/h1-4,12-14H,5-11H2,(H,22,23,25). The number of hydrogen-bond donors (Lipinski definition) is 1. The van der Waals surface area contributed by atoms with Crippen molar-refractivity contribution in [1.29, 1.82) is 0 Å². The first-order chi connectivity index (χ1) is 13.1. The van der Waals surface area contributed by atoms with E-state index in [9.17, 15) is 9.18 Å². The van der Waals surface area contributed by atoms with E-state index in [1.807, 2.05) is 6.07 Å². The Morgan fingerprint density at radius 1 is 1.15 bits per heavy atom. The number of thioether (sulfide) groups is 1. The molecule has 2 aromatic rings. The summed E-state index contributed by atoms with van der Waals surface area (Å²) >= 11 is 2.83. The zero-order chi connectivity index (χ0) is 18.4. The molecule has 4 aliphatic rings. The Hall–Kier alpha value is -1.47. The fraction of sp³-hybridized carbons (Fsp3) is 0.550. The largest absolute Gasteiger partial charge is 0.300 e. The van der Waals surface area contributed by atoms with Gasteiger partial charge in [0, 0.05) is 5.75 Å². The fourth-order valence-corrected chi connectivity index (χ4v) is 7.43. The van der Waals surface area contributed by atoms with Crippen molar-refractivity contribution in [1.82, 2.24) is 10.2 Å². The van der Waals surface area contributed by atoms with Crippen LogP contribution in [0.15, 0.2) is 28.6 Å². The third kappa shape index (κ3) is 3.40. The Kier molecular flexibility index (Phi) is 4.47. The highest BCUT2D eigenvalue weighted by molar-refractivity contribution is 8.00. The van der Waals surface area contributed by atoms with E-state index in [0.29, 0.717) is 16.4 Å². The van der Waals surface area contributed by atoms with Gasteiger partial charge in [-0.05, 0) is 67.9 Å². The Morgan fingerprint density at radius 3 is 2.48 bits per heavy atom. The van der Waals surface area contributed by atoms with Crippen LogP contribution in [0.3, 0.4) is 0 Å². The summed E-state index contributed by atoms with van der Waals surface area (Å²) in [5.41, 5.74) is 0.470. The van der Waals surface area contributed by atoms with Crippen LogP contribution >= 0.6 is 23.1 Å². The number of anilines is 1. The van der Waals surface area contributed by atoms with Gasteiger partial charge in [-0.1, -0.05) is 41.3 Å². The Balaban J connectivity index is 1.23. The molecule has 0 atom stereocenters. The maximum Gasteiger partial charge on any atom is 0.232 e. The van der Waals surface area contributed by atoms with E-state index < -0.39 is 0 Å². The molecular weight excluding hydrogens is 381 g/mol. The van der Waals surface area contributed by atoms with E-state index in [2.05, 4.69) is 15.5 Å². The lowest BCUT2D eigenvalue weighted by molar-refractivity contribution is -0.140. The maximum absolute atomic E-state index is 13.7. The topological polar surface area (TPSA) is 54.9 Å². The van der Waals surface area contributed by atoms with Gasteiger partial charge in [0.05, 0.1) is 5.41 Å². The zero-order valence-corrected chi connectivity index (χ0v) is 16.6. The molecule has 0 radical (unpaired) electrons. The van der Waals surface area contributed by atoms with Gasteiger partial charge in [-0.15, -0.1) is 10.2 Å². The van der Waals surface area contributed by atoms with Crippen LogP contribution in [0, 0.1) is 29.0 Å². The van der Waals surface area contributed by atoms with E-state index in [1.54, 1.807) is 12.1 Å². The molecule has 27 heavy (non-hydrogen) atoms. The number of halogens is 1. The van der Waals surface area contributed by atoms with E-state index in [1.165, 1.54) is 48.4 Å². The van der Waals surface area contributed by atoms with Gasteiger partial charge in [-0.25, -0.2) is 4.39 Å². The van der Waals surface area contributed by atoms with Gasteiger partial charge in [-0.3, -0.25) is 4.79 Å². The van der Waals surface area contributed by atoms with Crippen LogP contribution in [0.25, 0.3) is 0 Å². The summed E-state index contributed by atoms with van der Waals surface area (Å²) in [6, 6.07) is 6.76. The summed E-state index contributed by atoms with van der Waals surface area (Å²) in [7, 11) is 0. The van der Waals surface area contributed by atoms with Crippen molar-refractivity contribution in [2.75, 3.05) is 5.32 Å².